The van der Waals surface area contributed by atoms with Crippen LogP contribution in [0.5, 0.6) is 0 Å². The average molecular weight is 457 g/mol. The Bertz CT molecular complexity index is 1300. The number of ether oxygens (including phenoxy) is 1. The summed E-state index contributed by atoms with van der Waals surface area (Å²) >= 11 is 0. The predicted molar refractivity (Wildman–Crippen MR) is 125 cm³/mol. The summed E-state index contributed by atoms with van der Waals surface area (Å²) in [7, 11) is -1.23. The van der Waals surface area contributed by atoms with Gasteiger partial charge in [0.05, 0.1) is 29.2 Å². The van der Waals surface area contributed by atoms with Crippen LogP contribution in [0, 0.1) is 0 Å². The molecule has 4 aromatic rings. The zero-order chi connectivity index (χ0) is 22.9. The first-order valence-electron chi connectivity index (χ1n) is 10.5. The Morgan fingerprint density at radius 1 is 1.06 bits per heavy atom. The molecular formula is C23H26F2N4O2Si. The number of aromatic nitrogens is 4. The van der Waals surface area contributed by atoms with Crippen molar-refractivity contribution in [2.24, 2.45) is 0 Å². The SMILES string of the molecule is C[Si](C)(C)CCOCn1ncc2c(=O)n(CC(F)F)c3cc(-c4ccncc4)ccc3c21. The number of hydrogen-bond donors (Lipinski definition) is 0. The first-order chi connectivity index (χ1) is 15.2. The summed E-state index contributed by atoms with van der Waals surface area (Å²) < 4.78 is 35.3. The van der Waals surface area contributed by atoms with Gasteiger partial charge in [0.2, 0.25) is 0 Å². The maximum Gasteiger partial charge on any atom is 0.262 e. The number of hydrogen-bond acceptors (Lipinski definition) is 4. The van der Waals surface area contributed by atoms with Gasteiger partial charge in [-0.05, 0) is 35.4 Å². The lowest BCUT2D eigenvalue weighted by atomic mass is 10.0. The van der Waals surface area contributed by atoms with Gasteiger partial charge in [0.15, 0.2) is 0 Å². The van der Waals surface area contributed by atoms with E-state index >= 15 is 0 Å². The van der Waals surface area contributed by atoms with Gasteiger partial charge in [-0.1, -0.05) is 31.8 Å². The van der Waals surface area contributed by atoms with Crippen molar-refractivity contribution in [3.63, 3.8) is 0 Å². The van der Waals surface area contributed by atoms with E-state index in [1.165, 1.54) is 6.20 Å². The van der Waals surface area contributed by atoms with E-state index in [-0.39, 0.29) is 6.73 Å². The molecule has 0 saturated carbocycles. The van der Waals surface area contributed by atoms with Crippen LogP contribution in [-0.2, 0) is 18.0 Å². The minimum absolute atomic E-state index is 0.202. The van der Waals surface area contributed by atoms with Crippen LogP contribution in [0.2, 0.25) is 25.7 Å². The third-order valence-corrected chi connectivity index (χ3v) is 7.11. The van der Waals surface area contributed by atoms with Crippen molar-refractivity contribution in [2.75, 3.05) is 6.61 Å². The number of halogens is 2. The Kier molecular flexibility index (Phi) is 6.21. The Labute approximate surface area is 185 Å². The number of fused-ring (bicyclic) bond motifs is 3. The molecule has 1 aromatic carbocycles. The van der Waals surface area contributed by atoms with E-state index in [2.05, 4.69) is 29.7 Å². The van der Waals surface area contributed by atoms with E-state index in [1.807, 2.05) is 24.3 Å². The van der Waals surface area contributed by atoms with E-state index in [0.29, 0.717) is 28.4 Å². The normalized spacial score (nSPS) is 12.3. The largest absolute Gasteiger partial charge is 0.360 e. The summed E-state index contributed by atoms with van der Waals surface area (Å²) in [6.07, 6.45) is 2.12. The van der Waals surface area contributed by atoms with Crippen molar-refractivity contribution < 1.29 is 13.5 Å². The number of nitrogens with zero attached hydrogens (tertiary/aromatic N) is 4. The Morgan fingerprint density at radius 3 is 2.50 bits per heavy atom. The lowest BCUT2D eigenvalue weighted by molar-refractivity contribution is 0.0818. The second-order valence-electron chi connectivity index (χ2n) is 9.03. The smallest absolute Gasteiger partial charge is 0.262 e. The maximum atomic E-state index is 13.4. The van der Waals surface area contributed by atoms with Gasteiger partial charge in [-0.3, -0.25) is 9.78 Å². The molecule has 0 atom stereocenters. The van der Waals surface area contributed by atoms with Crippen LogP contribution in [-0.4, -0.2) is 40.4 Å². The predicted octanol–water partition coefficient (Wildman–Crippen LogP) is 4.99. The second kappa shape index (κ2) is 8.91. The van der Waals surface area contributed by atoms with Crippen LogP contribution in [0.15, 0.2) is 53.7 Å². The molecule has 0 aliphatic rings. The van der Waals surface area contributed by atoms with E-state index in [0.717, 1.165) is 21.7 Å². The lowest BCUT2D eigenvalue weighted by Gasteiger charge is -2.16. The van der Waals surface area contributed by atoms with E-state index in [1.54, 1.807) is 23.1 Å². The molecule has 0 bridgehead atoms. The summed E-state index contributed by atoms with van der Waals surface area (Å²) in [4.78, 5) is 17.2. The van der Waals surface area contributed by atoms with Gasteiger partial charge in [0.1, 0.15) is 6.73 Å². The fraction of sp³-hybridized carbons (Fsp3) is 0.348. The van der Waals surface area contributed by atoms with Gasteiger partial charge in [0.25, 0.3) is 12.0 Å². The Morgan fingerprint density at radius 2 is 1.81 bits per heavy atom. The molecule has 0 aliphatic heterocycles. The summed E-state index contributed by atoms with van der Waals surface area (Å²) in [5.74, 6) is 0. The molecule has 0 saturated heterocycles. The fourth-order valence-corrected chi connectivity index (χ4v) is 4.46. The standard InChI is InChI=1S/C23H26F2N4O2Si/c1-32(2,3)11-10-31-15-29-22-18-5-4-17(16-6-8-26-9-7-16)12-20(18)28(14-21(24)25)23(30)19(22)13-27-29/h4-9,12-13,21H,10-11,14-15H2,1-3H3. The summed E-state index contributed by atoms with van der Waals surface area (Å²) in [5, 5.41) is 5.33. The highest BCUT2D eigenvalue weighted by Crippen LogP contribution is 2.28. The Balaban J connectivity index is 1.83. The van der Waals surface area contributed by atoms with Crippen molar-refractivity contribution in [1.82, 2.24) is 19.3 Å². The minimum Gasteiger partial charge on any atom is -0.360 e. The first-order valence-corrected chi connectivity index (χ1v) is 14.2. The van der Waals surface area contributed by atoms with Gasteiger partial charge in [-0.2, -0.15) is 5.10 Å². The third kappa shape index (κ3) is 4.63. The van der Waals surface area contributed by atoms with Gasteiger partial charge in [-0.15, -0.1) is 0 Å². The topological polar surface area (TPSA) is 61.9 Å². The molecule has 0 fully saturated rings. The molecule has 9 heteroatoms. The van der Waals surface area contributed by atoms with E-state index in [4.69, 9.17) is 4.74 Å². The maximum absolute atomic E-state index is 13.4. The zero-order valence-electron chi connectivity index (χ0n) is 18.4. The summed E-state index contributed by atoms with van der Waals surface area (Å²) in [5.41, 5.74) is 2.28. The monoisotopic (exact) mass is 456 g/mol. The molecule has 0 aliphatic carbocycles. The highest BCUT2D eigenvalue weighted by Gasteiger charge is 2.19. The molecular weight excluding hydrogens is 430 g/mol. The molecule has 0 spiro atoms. The van der Waals surface area contributed by atoms with Crippen molar-refractivity contribution >= 4 is 29.9 Å². The number of rotatable bonds is 8. The molecule has 0 N–H and O–H groups in total. The third-order valence-electron chi connectivity index (χ3n) is 5.40. The molecule has 4 rings (SSSR count). The van der Waals surface area contributed by atoms with Crippen molar-refractivity contribution in [1.29, 1.82) is 0 Å². The first kappa shape index (κ1) is 22.3. The second-order valence-corrected chi connectivity index (χ2v) is 14.7. The average Bonchev–Trinajstić information content (AvgIpc) is 3.18. The van der Waals surface area contributed by atoms with Crippen LogP contribution < -0.4 is 5.56 Å². The van der Waals surface area contributed by atoms with Gasteiger partial charge in [-0.25, -0.2) is 13.5 Å². The molecule has 0 radical (unpaired) electrons. The molecule has 0 amide bonds. The molecule has 0 unspecified atom stereocenters. The Hall–Kier alpha value is -2.91. The molecule has 168 valence electrons. The lowest BCUT2D eigenvalue weighted by Crippen LogP contribution is -2.24. The van der Waals surface area contributed by atoms with Crippen LogP contribution >= 0.6 is 0 Å². The molecule has 32 heavy (non-hydrogen) atoms. The molecule has 6 nitrogen and oxygen atoms in total. The van der Waals surface area contributed by atoms with Crippen LogP contribution in [0.3, 0.4) is 0 Å². The quantitative estimate of drug-likeness (QED) is 0.277. The van der Waals surface area contributed by atoms with Crippen LogP contribution in [0.25, 0.3) is 32.9 Å². The summed E-state index contributed by atoms with van der Waals surface area (Å²) in [6, 6.07) is 10.2. The van der Waals surface area contributed by atoms with E-state index in [9.17, 15) is 13.6 Å². The fourth-order valence-electron chi connectivity index (χ4n) is 3.71. The van der Waals surface area contributed by atoms with Crippen molar-refractivity contribution in [2.45, 2.75) is 45.4 Å². The number of benzene rings is 1. The molecule has 3 aromatic heterocycles. The van der Waals surface area contributed by atoms with Gasteiger partial charge in [0, 0.05) is 32.5 Å². The highest BCUT2D eigenvalue weighted by atomic mass is 28.3. The molecule has 3 heterocycles. The minimum atomic E-state index is -2.65. The van der Waals surface area contributed by atoms with Crippen molar-refractivity contribution in [3.05, 3.63) is 59.3 Å². The van der Waals surface area contributed by atoms with Gasteiger partial charge >= 0.3 is 0 Å². The number of alkyl halides is 2. The van der Waals surface area contributed by atoms with Gasteiger partial charge < -0.3 is 9.30 Å². The van der Waals surface area contributed by atoms with E-state index < -0.39 is 26.6 Å². The number of pyridine rings is 2. The van der Waals surface area contributed by atoms with Crippen LogP contribution in [0.4, 0.5) is 8.78 Å². The van der Waals surface area contributed by atoms with Crippen LogP contribution in [0.1, 0.15) is 0 Å². The zero-order valence-corrected chi connectivity index (χ0v) is 19.4. The summed E-state index contributed by atoms with van der Waals surface area (Å²) in [6.45, 7) is 6.97. The highest BCUT2D eigenvalue weighted by molar-refractivity contribution is 6.76. The van der Waals surface area contributed by atoms with Crippen molar-refractivity contribution in [3.8, 4) is 11.1 Å².